The molecule has 0 aliphatic carbocycles. The number of hydrogen-bond acceptors (Lipinski definition) is 4. The number of nitrogens with two attached hydrogens (primary N) is 1. The summed E-state index contributed by atoms with van der Waals surface area (Å²) < 4.78 is 28.4. The van der Waals surface area contributed by atoms with E-state index in [1.807, 2.05) is 0 Å². The van der Waals surface area contributed by atoms with Crippen LogP contribution >= 0.6 is 0 Å². The first-order valence-corrected chi connectivity index (χ1v) is 6.16. The van der Waals surface area contributed by atoms with Crippen molar-refractivity contribution in [3.63, 3.8) is 0 Å². The van der Waals surface area contributed by atoms with Crippen molar-refractivity contribution in [3.8, 4) is 0 Å². The SMILES string of the molecule is CN(C(=O)CCOCC(F)F)c1ccccc1/C(N)=N/O. The van der Waals surface area contributed by atoms with Gasteiger partial charge in [0, 0.05) is 12.6 Å². The van der Waals surface area contributed by atoms with Crippen molar-refractivity contribution in [2.75, 3.05) is 25.2 Å². The molecule has 1 amide bonds. The first-order chi connectivity index (χ1) is 9.97. The average molecular weight is 301 g/mol. The van der Waals surface area contributed by atoms with Gasteiger partial charge < -0.3 is 20.6 Å². The molecule has 1 aromatic rings. The second-order valence-corrected chi connectivity index (χ2v) is 4.17. The standard InChI is InChI=1S/C13H17F2N3O3/c1-18(12(19)6-7-21-8-11(14)15)10-5-3-2-4-9(10)13(16)17-20/h2-5,11,20H,6-8H2,1H3,(H2,16,17). The molecule has 0 saturated carbocycles. The fourth-order valence-corrected chi connectivity index (χ4v) is 1.67. The third-order valence-corrected chi connectivity index (χ3v) is 2.73. The molecular formula is C13H17F2N3O3. The number of para-hydroxylation sites is 1. The van der Waals surface area contributed by atoms with Crippen molar-refractivity contribution in [2.45, 2.75) is 12.8 Å². The van der Waals surface area contributed by atoms with Crippen LogP contribution in [0.5, 0.6) is 0 Å². The Morgan fingerprint density at radius 2 is 2.14 bits per heavy atom. The Kier molecular flexibility index (Phi) is 6.54. The predicted octanol–water partition coefficient (Wildman–Crippen LogP) is 1.42. The van der Waals surface area contributed by atoms with Gasteiger partial charge in [-0.25, -0.2) is 8.78 Å². The molecule has 1 aromatic carbocycles. The molecule has 0 unspecified atom stereocenters. The minimum atomic E-state index is -2.56. The maximum atomic E-state index is 12.0. The molecule has 0 aliphatic heterocycles. The lowest BCUT2D eigenvalue weighted by molar-refractivity contribution is -0.119. The predicted molar refractivity (Wildman–Crippen MR) is 73.8 cm³/mol. The summed E-state index contributed by atoms with van der Waals surface area (Å²) in [5, 5.41) is 11.6. The molecule has 0 spiro atoms. The van der Waals surface area contributed by atoms with Crippen LogP contribution in [0.4, 0.5) is 14.5 Å². The van der Waals surface area contributed by atoms with Crippen LogP contribution in [0, 0.1) is 0 Å². The number of oxime groups is 1. The molecule has 0 fully saturated rings. The molecular weight excluding hydrogens is 284 g/mol. The molecule has 0 aromatic heterocycles. The molecule has 0 radical (unpaired) electrons. The summed E-state index contributed by atoms with van der Waals surface area (Å²) in [7, 11) is 1.51. The number of nitrogens with zero attached hydrogens (tertiary/aromatic N) is 2. The number of hydrogen-bond donors (Lipinski definition) is 2. The Morgan fingerprint density at radius 1 is 1.48 bits per heavy atom. The zero-order chi connectivity index (χ0) is 15.8. The van der Waals surface area contributed by atoms with Gasteiger partial charge in [0.1, 0.15) is 6.61 Å². The molecule has 0 saturated heterocycles. The van der Waals surface area contributed by atoms with E-state index in [0.29, 0.717) is 11.3 Å². The number of anilines is 1. The number of benzene rings is 1. The van der Waals surface area contributed by atoms with E-state index in [1.165, 1.54) is 11.9 Å². The topological polar surface area (TPSA) is 88.2 Å². The van der Waals surface area contributed by atoms with Gasteiger partial charge >= 0.3 is 0 Å². The van der Waals surface area contributed by atoms with Gasteiger partial charge in [0.15, 0.2) is 5.84 Å². The first-order valence-electron chi connectivity index (χ1n) is 6.16. The normalized spacial score (nSPS) is 11.7. The van der Waals surface area contributed by atoms with E-state index in [9.17, 15) is 13.6 Å². The third-order valence-electron chi connectivity index (χ3n) is 2.73. The van der Waals surface area contributed by atoms with Crippen molar-refractivity contribution < 1.29 is 23.5 Å². The van der Waals surface area contributed by atoms with Gasteiger partial charge in [0.2, 0.25) is 5.91 Å². The number of alkyl halides is 2. The number of ether oxygens (including phenoxy) is 1. The van der Waals surface area contributed by atoms with E-state index < -0.39 is 13.0 Å². The fourth-order valence-electron chi connectivity index (χ4n) is 1.67. The monoisotopic (exact) mass is 301 g/mol. The van der Waals surface area contributed by atoms with Gasteiger partial charge in [-0.3, -0.25) is 4.79 Å². The molecule has 1 rings (SSSR count). The Labute approximate surface area is 120 Å². The molecule has 6 nitrogen and oxygen atoms in total. The van der Waals surface area contributed by atoms with Crippen LogP contribution in [0.15, 0.2) is 29.4 Å². The quantitative estimate of drug-likeness (QED) is 0.262. The van der Waals surface area contributed by atoms with Crippen molar-refractivity contribution in [3.05, 3.63) is 29.8 Å². The second-order valence-electron chi connectivity index (χ2n) is 4.17. The minimum Gasteiger partial charge on any atom is -0.409 e. The summed E-state index contributed by atoms with van der Waals surface area (Å²) in [6.45, 7) is -0.795. The second kappa shape index (κ2) is 8.15. The summed E-state index contributed by atoms with van der Waals surface area (Å²) in [6.07, 6.45) is -2.60. The van der Waals surface area contributed by atoms with Crippen LogP contribution in [0.1, 0.15) is 12.0 Å². The summed E-state index contributed by atoms with van der Waals surface area (Å²) in [6, 6.07) is 6.61. The lowest BCUT2D eigenvalue weighted by atomic mass is 10.1. The van der Waals surface area contributed by atoms with E-state index in [2.05, 4.69) is 9.89 Å². The van der Waals surface area contributed by atoms with E-state index >= 15 is 0 Å². The number of carbonyl (C=O) groups is 1. The molecule has 0 bridgehead atoms. The molecule has 0 aliphatic rings. The molecule has 3 N–H and O–H groups in total. The summed E-state index contributed by atoms with van der Waals surface area (Å²) in [5.41, 5.74) is 6.39. The number of rotatable bonds is 7. The van der Waals surface area contributed by atoms with Crippen LogP contribution in [-0.4, -0.2) is 43.6 Å². The number of amides is 1. The highest BCUT2D eigenvalue weighted by molar-refractivity contribution is 6.06. The van der Waals surface area contributed by atoms with E-state index in [-0.39, 0.29) is 24.8 Å². The Balaban J connectivity index is 2.70. The van der Waals surface area contributed by atoms with Gasteiger partial charge in [0.05, 0.1) is 18.7 Å². The van der Waals surface area contributed by atoms with Crippen LogP contribution in [0.2, 0.25) is 0 Å². The van der Waals surface area contributed by atoms with Crippen molar-refractivity contribution in [2.24, 2.45) is 10.9 Å². The Morgan fingerprint density at radius 3 is 2.76 bits per heavy atom. The Bertz CT molecular complexity index is 509. The maximum absolute atomic E-state index is 12.0. The molecule has 8 heteroatoms. The molecule has 0 heterocycles. The highest BCUT2D eigenvalue weighted by atomic mass is 19.3. The van der Waals surface area contributed by atoms with E-state index in [4.69, 9.17) is 10.9 Å². The average Bonchev–Trinajstić information content (AvgIpc) is 2.49. The number of amidine groups is 1. The van der Waals surface area contributed by atoms with Crippen LogP contribution in [0.25, 0.3) is 0 Å². The van der Waals surface area contributed by atoms with Crippen LogP contribution in [-0.2, 0) is 9.53 Å². The summed E-state index contributed by atoms with van der Waals surface area (Å²) in [5.74, 6) is -0.457. The Hall–Kier alpha value is -2.22. The summed E-state index contributed by atoms with van der Waals surface area (Å²) in [4.78, 5) is 13.3. The smallest absolute Gasteiger partial charge is 0.261 e. The third kappa shape index (κ3) is 4.99. The zero-order valence-electron chi connectivity index (χ0n) is 11.5. The van der Waals surface area contributed by atoms with E-state index in [0.717, 1.165) is 0 Å². The fraction of sp³-hybridized carbons (Fsp3) is 0.385. The van der Waals surface area contributed by atoms with Gasteiger partial charge in [-0.1, -0.05) is 17.3 Å². The zero-order valence-corrected chi connectivity index (χ0v) is 11.5. The lowest BCUT2D eigenvalue weighted by Crippen LogP contribution is -2.30. The highest BCUT2D eigenvalue weighted by Gasteiger charge is 2.16. The molecule has 21 heavy (non-hydrogen) atoms. The number of carbonyl (C=O) groups excluding carboxylic acids is 1. The van der Waals surface area contributed by atoms with Crippen LogP contribution in [0.3, 0.4) is 0 Å². The van der Waals surface area contributed by atoms with Gasteiger partial charge in [0.25, 0.3) is 6.43 Å². The van der Waals surface area contributed by atoms with Gasteiger partial charge in [-0.2, -0.15) is 0 Å². The van der Waals surface area contributed by atoms with Crippen LogP contribution < -0.4 is 10.6 Å². The van der Waals surface area contributed by atoms with Crippen molar-refractivity contribution in [1.29, 1.82) is 0 Å². The first kappa shape index (κ1) is 16.8. The van der Waals surface area contributed by atoms with Gasteiger partial charge in [-0.15, -0.1) is 0 Å². The number of halogens is 2. The minimum absolute atomic E-state index is 0.0479. The molecule has 116 valence electrons. The van der Waals surface area contributed by atoms with Gasteiger partial charge in [-0.05, 0) is 12.1 Å². The highest BCUT2D eigenvalue weighted by Crippen LogP contribution is 2.19. The summed E-state index contributed by atoms with van der Waals surface area (Å²) >= 11 is 0. The largest absolute Gasteiger partial charge is 0.409 e. The molecule has 0 atom stereocenters. The lowest BCUT2D eigenvalue weighted by Gasteiger charge is -2.20. The van der Waals surface area contributed by atoms with E-state index in [1.54, 1.807) is 24.3 Å². The van der Waals surface area contributed by atoms with Crippen molar-refractivity contribution >= 4 is 17.4 Å². The van der Waals surface area contributed by atoms with Crippen molar-refractivity contribution in [1.82, 2.24) is 0 Å². The maximum Gasteiger partial charge on any atom is 0.261 e.